The lowest BCUT2D eigenvalue weighted by Crippen LogP contribution is -2.38. The summed E-state index contributed by atoms with van der Waals surface area (Å²) in [5.41, 5.74) is 0. The van der Waals surface area contributed by atoms with Crippen LogP contribution in [-0.4, -0.2) is 25.9 Å². The third kappa shape index (κ3) is 6.87. The molecule has 0 unspecified atom stereocenters. The predicted octanol–water partition coefficient (Wildman–Crippen LogP) is 2.91. The van der Waals surface area contributed by atoms with Crippen LogP contribution < -0.4 is 20.1 Å². The van der Waals surface area contributed by atoms with Gasteiger partial charge in [-0.1, -0.05) is 19.8 Å². The van der Waals surface area contributed by atoms with Crippen molar-refractivity contribution in [2.24, 2.45) is 0 Å². The topological polar surface area (TPSA) is 59.6 Å². The van der Waals surface area contributed by atoms with Gasteiger partial charge in [-0.25, -0.2) is 4.79 Å². The Hall–Kier alpha value is -1.91. The number of hydrogen-bond donors (Lipinski definition) is 2. The van der Waals surface area contributed by atoms with Gasteiger partial charge in [-0.2, -0.15) is 0 Å². The molecule has 0 spiro atoms. The van der Waals surface area contributed by atoms with Gasteiger partial charge >= 0.3 is 6.03 Å². The summed E-state index contributed by atoms with van der Waals surface area (Å²) in [6, 6.07) is 7.09. The van der Waals surface area contributed by atoms with Gasteiger partial charge in [0.1, 0.15) is 11.5 Å². The molecule has 112 valence electrons. The average molecular weight is 280 g/mol. The molecule has 2 N–H and O–H groups in total. The van der Waals surface area contributed by atoms with E-state index in [4.69, 9.17) is 9.47 Å². The summed E-state index contributed by atoms with van der Waals surface area (Å²) in [7, 11) is 0. The van der Waals surface area contributed by atoms with Gasteiger partial charge in [0.05, 0.1) is 6.61 Å². The van der Waals surface area contributed by atoms with Crippen molar-refractivity contribution >= 4 is 6.03 Å². The van der Waals surface area contributed by atoms with E-state index in [9.17, 15) is 4.79 Å². The van der Waals surface area contributed by atoms with Crippen LogP contribution in [0.25, 0.3) is 0 Å². The van der Waals surface area contributed by atoms with E-state index in [1.165, 1.54) is 0 Å². The normalized spacial score (nSPS) is 9.90. The van der Waals surface area contributed by atoms with E-state index in [0.717, 1.165) is 25.0 Å². The maximum atomic E-state index is 11.4. The monoisotopic (exact) mass is 280 g/mol. The standard InChI is InChI=1S/C15H24N2O3/c1-3-5-6-11-16-15(18)17-12-20-14-9-7-13(8-10-14)19-4-2/h7-10H,3-6,11-12H2,1-2H3,(H2,16,17,18). The molecule has 0 fully saturated rings. The van der Waals surface area contributed by atoms with Crippen LogP contribution in [0.2, 0.25) is 0 Å². The van der Waals surface area contributed by atoms with Gasteiger partial charge in [-0.05, 0) is 37.6 Å². The maximum Gasteiger partial charge on any atom is 0.317 e. The lowest BCUT2D eigenvalue weighted by Gasteiger charge is -2.10. The summed E-state index contributed by atoms with van der Waals surface area (Å²) < 4.78 is 10.7. The Bertz CT molecular complexity index is 379. The van der Waals surface area contributed by atoms with Crippen LogP contribution in [0.1, 0.15) is 33.1 Å². The molecule has 5 heteroatoms. The van der Waals surface area contributed by atoms with Crippen molar-refractivity contribution in [3.63, 3.8) is 0 Å². The molecule has 0 atom stereocenters. The fourth-order valence-electron chi connectivity index (χ4n) is 1.62. The Balaban J connectivity index is 2.15. The number of benzene rings is 1. The van der Waals surface area contributed by atoms with Gasteiger partial charge < -0.3 is 20.1 Å². The van der Waals surface area contributed by atoms with E-state index < -0.39 is 0 Å². The third-order valence-electron chi connectivity index (χ3n) is 2.67. The first kappa shape index (κ1) is 16.1. The van der Waals surface area contributed by atoms with E-state index >= 15 is 0 Å². The number of nitrogens with one attached hydrogen (secondary N) is 2. The highest BCUT2D eigenvalue weighted by Gasteiger charge is 1.99. The molecule has 2 amide bonds. The molecule has 0 saturated carbocycles. The second-order valence-electron chi connectivity index (χ2n) is 4.33. The van der Waals surface area contributed by atoms with Gasteiger partial charge in [-0.15, -0.1) is 0 Å². The number of hydrogen-bond acceptors (Lipinski definition) is 3. The first-order chi connectivity index (χ1) is 9.76. The molecule has 1 aromatic carbocycles. The van der Waals surface area contributed by atoms with Crippen molar-refractivity contribution in [2.75, 3.05) is 19.9 Å². The highest BCUT2D eigenvalue weighted by Crippen LogP contribution is 2.17. The summed E-state index contributed by atoms with van der Waals surface area (Å²) >= 11 is 0. The average Bonchev–Trinajstić information content (AvgIpc) is 2.46. The zero-order chi connectivity index (χ0) is 14.6. The van der Waals surface area contributed by atoms with E-state index in [0.29, 0.717) is 18.9 Å². The maximum absolute atomic E-state index is 11.4. The zero-order valence-corrected chi connectivity index (χ0v) is 12.3. The number of unbranched alkanes of at least 4 members (excludes halogenated alkanes) is 2. The van der Waals surface area contributed by atoms with Crippen molar-refractivity contribution in [1.29, 1.82) is 0 Å². The molecule has 0 aliphatic carbocycles. The molecule has 0 aliphatic heterocycles. The van der Waals surface area contributed by atoms with Crippen LogP contribution in [0.4, 0.5) is 4.79 Å². The van der Waals surface area contributed by atoms with Gasteiger partial charge in [0, 0.05) is 6.54 Å². The van der Waals surface area contributed by atoms with Crippen LogP contribution >= 0.6 is 0 Å². The zero-order valence-electron chi connectivity index (χ0n) is 12.3. The smallest absolute Gasteiger partial charge is 0.317 e. The van der Waals surface area contributed by atoms with E-state index in [2.05, 4.69) is 17.6 Å². The Morgan fingerprint density at radius 1 is 1.00 bits per heavy atom. The van der Waals surface area contributed by atoms with Crippen LogP contribution in [0.5, 0.6) is 11.5 Å². The largest absolute Gasteiger partial charge is 0.494 e. The molecule has 0 aromatic heterocycles. The van der Waals surface area contributed by atoms with E-state index in [1.54, 1.807) is 0 Å². The van der Waals surface area contributed by atoms with Gasteiger partial charge in [0.15, 0.2) is 6.73 Å². The quantitative estimate of drug-likeness (QED) is 0.540. The fraction of sp³-hybridized carbons (Fsp3) is 0.533. The number of rotatable bonds is 9. The molecule has 5 nitrogen and oxygen atoms in total. The molecule has 1 rings (SSSR count). The van der Waals surface area contributed by atoms with Crippen molar-refractivity contribution < 1.29 is 14.3 Å². The fourth-order valence-corrected chi connectivity index (χ4v) is 1.62. The summed E-state index contributed by atoms with van der Waals surface area (Å²) in [5, 5.41) is 5.42. The molecule has 0 heterocycles. The van der Waals surface area contributed by atoms with Crippen molar-refractivity contribution in [1.82, 2.24) is 10.6 Å². The SMILES string of the molecule is CCCCCNC(=O)NCOc1ccc(OCC)cc1. The number of ether oxygens (including phenoxy) is 2. The summed E-state index contributed by atoms with van der Waals surface area (Å²) in [6.07, 6.45) is 3.27. The van der Waals surface area contributed by atoms with Gasteiger partial charge in [-0.3, -0.25) is 0 Å². The Kier molecular flexibility index (Phi) is 8.03. The van der Waals surface area contributed by atoms with E-state index in [1.807, 2.05) is 31.2 Å². The molecule has 1 aromatic rings. The van der Waals surface area contributed by atoms with Gasteiger partial charge in [0.25, 0.3) is 0 Å². The minimum absolute atomic E-state index is 0.146. The van der Waals surface area contributed by atoms with Crippen molar-refractivity contribution in [3.05, 3.63) is 24.3 Å². The lowest BCUT2D eigenvalue weighted by atomic mass is 10.2. The number of carbonyl (C=O) groups excluding carboxylic acids is 1. The lowest BCUT2D eigenvalue weighted by molar-refractivity contribution is 0.223. The van der Waals surface area contributed by atoms with Crippen LogP contribution in [0, 0.1) is 0 Å². The highest BCUT2D eigenvalue weighted by molar-refractivity contribution is 5.73. The Morgan fingerprint density at radius 3 is 2.25 bits per heavy atom. The Morgan fingerprint density at radius 2 is 1.65 bits per heavy atom. The summed E-state index contributed by atoms with van der Waals surface area (Å²) in [5.74, 6) is 1.50. The first-order valence-corrected chi connectivity index (χ1v) is 7.13. The van der Waals surface area contributed by atoms with Crippen LogP contribution in [-0.2, 0) is 0 Å². The number of urea groups is 1. The molecule has 0 bridgehead atoms. The summed E-state index contributed by atoms with van der Waals surface area (Å²) in [4.78, 5) is 11.4. The predicted molar refractivity (Wildman–Crippen MR) is 79.2 cm³/mol. The van der Waals surface area contributed by atoms with E-state index in [-0.39, 0.29) is 12.8 Å². The Labute approximate surface area is 120 Å². The molecule has 20 heavy (non-hydrogen) atoms. The molecule has 0 radical (unpaired) electrons. The van der Waals surface area contributed by atoms with Crippen LogP contribution in [0.3, 0.4) is 0 Å². The molecule has 0 aliphatic rings. The third-order valence-corrected chi connectivity index (χ3v) is 2.67. The molecular weight excluding hydrogens is 256 g/mol. The molecular formula is C15H24N2O3. The second kappa shape index (κ2) is 9.95. The van der Waals surface area contributed by atoms with Crippen molar-refractivity contribution in [3.8, 4) is 11.5 Å². The summed E-state index contributed by atoms with van der Waals surface area (Å²) in [6.45, 7) is 5.55. The second-order valence-corrected chi connectivity index (χ2v) is 4.33. The van der Waals surface area contributed by atoms with Gasteiger partial charge in [0.2, 0.25) is 0 Å². The van der Waals surface area contributed by atoms with Crippen molar-refractivity contribution in [2.45, 2.75) is 33.1 Å². The number of carbonyl (C=O) groups is 1. The van der Waals surface area contributed by atoms with Crippen LogP contribution in [0.15, 0.2) is 24.3 Å². The minimum atomic E-state index is -0.202. The first-order valence-electron chi connectivity index (χ1n) is 7.13. The minimum Gasteiger partial charge on any atom is -0.494 e. The molecule has 0 saturated heterocycles. The highest BCUT2D eigenvalue weighted by atomic mass is 16.5. The number of amides is 2.